The van der Waals surface area contributed by atoms with E-state index in [0.717, 1.165) is 12.8 Å². The van der Waals surface area contributed by atoms with Crippen molar-refractivity contribution in [2.45, 2.75) is 54.4 Å². The monoisotopic (exact) mass is 190 g/mol. The van der Waals surface area contributed by atoms with Gasteiger partial charge in [0.15, 0.2) is 0 Å². The summed E-state index contributed by atoms with van der Waals surface area (Å²) in [5, 5.41) is 0. The van der Waals surface area contributed by atoms with Gasteiger partial charge in [-0.3, -0.25) is 0 Å². The molecule has 0 nitrogen and oxygen atoms in total. The zero-order valence-corrected chi connectivity index (χ0v) is 10.4. The van der Waals surface area contributed by atoms with Gasteiger partial charge in [0.05, 0.1) is 0 Å². The van der Waals surface area contributed by atoms with Gasteiger partial charge in [0.1, 0.15) is 0 Å². The van der Waals surface area contributed by atoms with Gasteiger partial charge in [-0.1, -0.05) is 13.8 Å². The lowest BCUT2D eigenvalue weighted by molar-refractivity contribution is 0.992. The summed E-state index contributed by atoms with van der Waals surface area (Å²) in [5.41, 5.74) is 9.13. The first kappa shape index (κ1) is 11.3. The maximum Gasteiger partial charge on any atom is -0.0302 e. The second-order valence-electron chi connectivity index (χ2n) is 4.16. The summed E-state index contributed by atoms with van der Waals surface area (Å²) in [6.07, 6.45) is 2.32. The fourth-order valence-corrected chi connectivity index (χ4v) is 2.54. The maximum absolute atomic E-state index is 2.27. The SMILES string of the molecule is CCc1c(C)c(C)c(C)c(CC)c1C. The van der Waals surface area contributed by atoms with E-state index in [1.807, 2.05) is 0 Å². The molecule has 1 aromatic rings. The number of hydrogen-bond acceptors (Lipinski definition) is 0. The summed E-state index contributed by atoms with van der Waals surface area (Å²) >= 11 is 0. The molecule has 0 aliphatic carbocycles. The van der Waals surface area contributed by atoms with Crippen LogP contribution in [-0.4, -0.2) is 0 Å². The second-order valence-corrected chi connectivity index (χ2v) is 4.16. The highest BCUT2D eigenvalue weighted by atomic mass is 14.2. The summed E-state index contributed by atoms with van der Waals surface area (Å²) < 4.78 is 0. The Morgan fingerprint density at radius 3 is 1.21 bits per heavy atom. The van der Waals surface area contributed by atoms with Crippen LogP contribution in [0.3, 0.4) is 0 Å². The van der Waals surface area contributed by atoms with Crippen molar-refractivity contribution in [3.63, 3.8) is 0 Å². The minimum absolute atomic E-state index is 1.16. The molecule has 0 radical (unpaired) electrons. The van der Waals surface area contributed by atoms with Crippen LogP contribution in [0.15, 0.2) is 0 Å². The molecule has 14 heavy (non-hydrogen) atoms. The molecule has 0 aromatic heterocycles. The standard InChI is InChI=1S/C14H22/c1-7-13-10(4)9(3)11(5)14(8-2)12(13)6/h7-8H2,1-6H3. The third-order valence-corrected chi connectivity index (χ3v) is 3.64. The van der Waals surface area contributed by atoms with E-state index in [4.69, 9.17) is 0 Å². The number of hydrogen-bond donors (Lipinski definition) is 0. The Morgan fingerprint density at radius 1 is 0.571 bits per heavy atom. The molecule has 0 saturated heterocycles. The largest absolute Gasteiger partial charge is 0.0613 e. The van der Waals surface area contributed by atoms with E-state index in [1.165, 1.54) is 22.3 Å². The maximum atomic E-state index is 2.27. The van der Waals surface area contributed by atoms with Crippen molar-refractivity contribution in [3.05, 3.63) is 33.4 Å². The normalized spacial score (nSPS) is 10.7. The van der Waals surface area contributed by atoms with Crippen molar-refractivity contribution in [3.8, 4) is 0 Å². The molecule has 0 spiro atoms. The van der Waals surface area contributed by atoms with Gasteiger partial charge in [-0.2, -0.15) is 0 Å². The van der Waals surface area contributed by atoms with E-state index in [0.29, 0.717) is 0 Å². The second kappa shape index (κ2) is 4.16. The van der Waals surface area contributed by atoms with Gasteiger partial charge in [-0.05, 0) is 73.9 Å². The molecule has 0 aliphatic heterocycles. The van der Waals surface area contributed by atoms with Gasteiger partial charge in [-0.25, -0.2) is 0 Å². The van der Waals surface area contributed by atoms with Crippen LogP contribution < -0.4 is 0 Å². The first-order valence-electron chi connectivity index (χ1n) is 5.62. The number of rotatable bonds is 2. The van der Waals surface area contributed by atoms with Crippen LogP contribution in [0.4, 0.5) is 0 Å². The van der Waals surface area contributed by atoms with E-state index in [1.54, 1.807) is 11.1 Å². The molecular formula is C14H22. The van der Waals surface area contributed by atoms with E-state index >= 15 is 0 Å². The molecule has 0 heteroatoms. The first-order valence-corrected chi connectivity index (χ1v) is 5.62. The molecule has 0 atom stereocenters. The van der Waals surface area contributed by atoms with E-state index in [9.17, 15) is 0 Å². The van der Waals surface area contributed by atoms with Gasteiger partial charge in [0.25, 0.3) is 0 Å². The molecular weight excluding hydrogens is 168 g/mol. The van der Waals surface area contributed by atoms with Crippen LogP contribution in [-0.2, 0) is 12.8 Å². The van der Waals surface area contributed by atoms with E-state index in [2.05, 4.69) is 41.5 Å². The highest BCUT2D eigenvalue weighted by molar-refractivity contribution is 5.49. The zero-order valence-electron chi connectivity index (χ0n) is 10.4. The molecule has 0 heterocycles. The van der Waals surface area contributed by atoms with Crippen LogP contribution in [0.25, 0.3) is 0 Å². The zero-order chi connectivity index (χ0) is 10.9. The third-order valence-electron chi connectivity index (χ3n) is 3.64. The average molecular weight is 190 g/mol. The molecule has 1 aromatic carbocycles. The molecule has 0 N–H and O–H groups in total. The lowest BCUT2D eigenvalue weighted by Gasteiger charge is -2.19. The Hall–Kier alpha value is -0.780. The Labute approximate surface area is 88.4 Å². The van der Waals surface area contributed by atoms with Crippen LogP contribution in [0.2, 0.25) is 0 Å². The molecule has 0 amide bonds. The molecule has 0 unspecified atom stereocenters. The Morgan fingerprint density at radius 2 is 0.929 bits per heavy atom. The molecule has 78 valence electrons. The first-order chi connectivity index (χ1) is 6.54. The Balaban J connectivity index is 3.56. The summed E-state index contributed by atoms with van der Waals surface area (Å²) in [7, 11) is 0. The fourth-order valence-electron chi connectivity index (χ4n) is 2.54. The van der Waals surface area contributed by atoms with Crippen LogP contribution in [0, 0.1) is 27.7 Å². The fraction of sp³-hybridized carbons (Fsp3) is 0.571. The van der Waals surface area contributed by atoms with Crippen LogP contribution >= 0.6 is 0 Å². The predicted molar refractivity (Wildman–Crippen MR) is 64.1 cm³/mol. The van der Waals surface area contributed by atoms with Gasteiger partial charge in [0, 0.05) is 0 Å². The smallest absolute Gasteiger partial charge is 0.0302 e. The summed E-state index contributed by atoms with van der Waals surface area (Å²) in [6, 6.07) is 0. The summed E-state index contributed by atoms with van der Waals surface area (Å²) in [5.74, 6) is 0. The minimum Gasteiger partial charge on any atom is -0.0613 e. The quantitative estimate of drug-likeness (QED) is 0.660. The number of benzene rings is 1. The topological polar surface area (TPSA) is 0 Å². The molecule has 0 fully saturated rings. The molecule has 1 rings (SSSR count). The van der Waals surface area contributed by atoms with Crippen molar-refractivity contribution >= 4 is 0 Å². The van der Waals surface area contributed by atoms with E-state index in [-0.39, 0.29) is 0 Å². The highest BCUT2D eigenvalue weighted by Crippen LogP contribution is 2.27. The van der Waals surface area contributed by atoms with Crippen molar-refractivity contribution in [1.29, 1.82) is 0 Å². The van der Waals surface area contributed by atoms with Gasteiger partial charge in [0.2, 0.25) is 0 Å². The van der Waals surface area contributed by atoms with E-state index < -0.39 is 0 Å². The lowest BCUT2D eigenvalue weighted by atomic mass is 9.87. The molecule has 0 saturated carbocycles. The third kappa shape index (κ3) is 1.58. The molecule has 0 aliphatic rings. The van der Waals surface area contributed by atoms with Crippen molar-refractivity contribution in [2.75, 3.05) is 0 Å². The molecule has 0 bridgehead atoms. The minimum atomic E-state index is 1.16. The van der Waals surface area contributed by atoms with Crippen LogP contribution in [0.5, 0.6) is 0 Å². The van der Waals surface area contributed by atoms with Gasteiger partial charge >= 0.3 is 0 Å². The summed E-state index contributed by atoms with van der Waals surface area (Å²) in [4.78, 5) is 0. The van der Waals surface area contributed by atoms with Crippen molar-refractivity contribution in [2.24, 2.45) is 0 Å². The predicted octanol–water partition coefficient (Wildman–Crippen LogP) is 4.05. The lowest BCUT2D eigenvalue weighted by Crippen LogP contribution is -2.03. The average Bonchev–Trinajstić information content (AvgIpc) is 2.16. The summed E-state index contributed by atoms with van der Waals surface area (Å²) in [6.45, 7) is 13.5. The highest BCUT2D eigenvalue weighted by Gasteiger charge is 2.11. The van der Waals surface area contributed by atoms with Crippen LogP contribution in [0.1, 0.15) is 47.2 Å². The van der Waals surface area contributed by atoms with Crippen molar-refractivity contribution in [1.82, 2.24) is 0 Å². The Kier molecular flexibility index (Phi) is 3.36. The van der Waals surface area contributed by atoms with Gasteiger partial charge < -0.3 is 0 Å². The van der Waals surface area contributed by atoms with Crippen molar-refractivity contribution < 1.29 is 0 Å². The Bertz CT molecular complexity index is 315. The van der Waals surface area contributed by atoms with Gasteiger partial charge in [-0.15, -0.1) is 0 Å².